The van der Waals surface area contributed by atoms with Crippen LogP contribution in [-0.4, -0.2) is 37.1 Å². The lowest BCUT2D eigenvalue weighted by atomic mass is 10.0. The van der Waals surface area contributed by atoms with Gasteiger partial charge in [-0.05, 0) is 30.9 Å². The molecule has 2 atom stereocenters. The van der Waals surface area contributed by atoms with E-state index in [0.717, 1.165) is 19.4 Å². The van der Waals surface area contributed by atoms with E-state index >= 15 is 0 Å². The fourth-order valence-electron chi connectivity index (χ4n) is 2.96. The third-order valence-electron chi connectivity index (χ3n) is 4.21. The van der Waals surface area contributed by atoms with E-state index in [-0.39, 0.29) is 17.8 Å². The average molecular weight is 336 g/mol. The van der Waals surface area contributed by atoms with Crippen molar-refractivity contribution in [3.8, 4) is 0 Å². The van der Waals surface area contributed by atoms with Gasteiger partial charge in [0.2, 0.25) is 5.91 Å². The number of nitrogens with two attached hydrogens (primary N) is 1. The van der Waals surface area contributed by atoms with E-state index in [0.29, 0.717) is 12.2 Å². The summed E-state index contributed by atoms with van der Waals surface area (Å²) in [6.45, 7) is 4.90. The van der Waals surface area contributed by atoms with E-state index in [1.807, 2.05) is 18.7 Å². The highest BCUT2D eigenvalue weighted by Gasteiger charge is 2.26. The topological polar surface area (TPSA) is 87.5 Å². The van der Waals surface area contributed by atoms with Crippen LogP contribution in [0.1, 0.15) is 26.7 Å². The molecule has 0 radical (unpaired) electrons. The fraction of sp³-hybridized carbons (Fsp3) is 0.529. The molecule has 1 heterocycles. The lowest BCUT2D eigenvalue weighted by molar-refractivity contribution is -0.120. The van der Waals surface area contributed by atoms with Crippen molar-refractivity contribution >= 4 is 17.6 Å². The number of anilines is 1. The molecule has 2 unspecified atom stereocenters. The van der Waals surface area contributed by atoms with Crippen molar-refractivity contribution in [1.82, 2.24) is 10.6 Å². The molecule has 24 heavy (non-hydrogen) atoms. The number of primary amides is 1. The highest BCUT2D eigenvalue weighted by molar-refractivity contribution is 5.86. The number of carbonyl (C=O) groups excluding carboxylic acids is 2. The second-order valence-electron chi connectivity index (χ2n) is 6.48. The van der Waals surface area contributed by atoms with Crippen LogP contribution in [-0.2, 0) is 4.79 Å². The van der Waals surface area contributed by atoms with E-state index in [1.54, 1.807) is 18.2 Å². The Morgan fingerprint density at radius 1 is 1.33 bits per heavy atom. The molecule has 4 N–H and O–H groups in total. The number of urea groups is 1. The number of amides is 3. The summed E-state index contributed by atoms with van der Waals surface area (Å²) in [7, 11) is 0. The van der Waals surface area contributed by atoms with Gasteiger partial charge in [0.25, 0.3) is 0 Å². The predicted octanol–water partition coefficient (Wildman–Crippen LogP) is 1.60. The number of hydrogen-bond donors (Lipinski definition) is 3. The van der Waals surface area contributed by atoms with Crippen LogP contribution in [0.2, 0.25) is 0 Å². The number of hydrogen-bond acceptors (Lipinski definition) is 3. The first kappa shape index (κ1) is 18.0. The number of nitrogens with zero attached hydrogens (tertiary/aromatic N) is 1. The molecule has 1 saturated heterocycles. The molecular weight excluding hydrogens is 311 g/mol. The SMILES string of the molecule is CC(C)C(NC(=O)NC1CCCN(c2ccccc2F)C1)C(N)=O. The van der Waals surface area contributed by atoms with Gasteiger partial charge in [0.1, 0.15) is 11.9 Å². The van der Waals surface area contributed by atoms with E-state index < -0.39 is 18.0 Å². The van der Waals surface area contributed by atoms with Crippen LogP contribution in [0.15, 0.2) is 24.3 Å². The van der Waals surface area contributed by atoms with E-state index in [2.05, 4.69) is 10.6 Å². The van der Waals surface area contributed by atoms with Gasteiger partial charge in [-0.25, -0.2) is 9.18 Å². The first-order valence-corrected chi connectivity index (χ1v) is 8.24. The van der Waals surface area contributed by atoms with Crippen molar-refractivity contribution in [2.75, 3.05) is 18.0 Å². The molecule has 2 rings (SSSR count). The molecule has 0 bridgehead atoms. The van der Waals surface area contributed by atoms with E-state index in [4.69, 9.17) is 5.73 Å². The van der Waals surface area contributed by atoms with Crippen molar-refractivity contribution in [3.05, 3.63) is 30.1 Å². The van der Waals surface area contributed by atoms with Crippen molar-refractivity contribution < 1.29 is 14.0 Å². The number of rotatable bonds is 5. The normalized spacial score (nSPS) is 19.0. The molecule has 0 aromatic heterocycles. The molecule has 1 fully saturated rings. The smallest absolute Gasteiger partial charge is 0.315 e. The maximum absolute atomic E-state index is 13.9. The Kier molecular flexibility index (Phi) is 6.00. The Balaban J connectivity index is 1.94. The van der Waals surface area contributed by atoms with E-state index in [1.165, 1.54) is 6.07 Å². The largest absolute Gasteiger partial charge is 0.368 e. The first-order chi connectivity index (χ1) is 11.4. The summed E-state index contributed by atoms with van der Waals surface area (Å²) in [5.41, 5.74) is 5.85. The third kappa shape index (κ3) is 4.59. The maximum Gasteiger partial charge on any atom is 0.315 e. The van der Waals surface area contributed by atoms with Crippen LogP contribution in [0.5, 0.6) is 0 Å². The Labute approximate surface area is 141 Å². The Morgan fingerprint density at radius 3 is 2.67 bits per heavy atom. The van der Waals surface area contributed by atoms with Gasteiger partial charge >= 0.3 is 6.03 Å². The summed E-state index contributed by atoms with van der Waals surface area (Å²) in [6, 6.07) is 5.37. The summed E-state index contributed by atoms with van der Waals surface area (Å²) in [6.07, 6.45) is 1.66. The van der Waals surface area contributed by atoms with Crippen LogP contribution in [0.4, 0.5) is 14.9 Å². The minimum absolute atomic E-state index is 0.0884. The monoisotopic (exact) mass is 336 g/mol. The number of halogens is 1. The molecule has 0 saturated carbocycles. The fourth-order valence-corrected chi connectivity index (χ4v) is 2.96. The highest BCUT2D eigenvalue weighted by atomic mass is 19.1. The number of carbonyl (C=O) groups is 2. The molecule has 1 aromatic carbocycles. The predicted molar refractivity (Wildman–Crippen MR) is 91.1 cm³/mol. The van der Waals surface area contributed by atoms with Gasteiger partial charge in [0.05, 0.1) is 5.69 Å². The first-order valence-electron chi connectivity index (χ1n) is 8.24. The molecule has 132 valence electrons. The summed E-state index contributed by atoms with van der Waals surface area (Å²) < 4.78 is 13.9. The lowest BCUT2D eigenvalue weighted by Gasteiger charge is -2.35. The van der Waals surface area contributed by atoms with Gasteiger partial charge in [0, 0.05) is 19.1 Å². The number of benzene rings is 1. The van der Waals surface area contributed by atoms with Crippen LogP contribution >= 0.6 is 0 Å². The maximum atomic E-state index is 13.9. The molecule has 0 aliphatic carbocycles. The number of nitrogens with one attached hydrogen (secondary N) is 2. The van der Waals surface area contributed by atoms with Crippen LogP contribution in [0.3, 0.4) is 0 Å². The molecule has 3 amide bonds. The van der Waals surface area contributed by atoms with Crippen molar-refractivity contribution in [3.63, 3.8) is 0 Å². The molecule has 1 aromatic rings. The summed E-state index contributed by atoms with van der Waals surface area (Å²) in [5, 5.41) is 5.47. The summed E-state index contributed by atoms with van der Waals surface area (Å²) >= 11 is 0. The zero-order chi connectivity index (χ0) is 17.7. The molecule has 6 nitrogen and oxygen atoms in total. The van der Waals surface area contributed by atoms with Gasteiger partial charge in [-0.2, -0.15) is 0 Å². The minimum atomic E-state index is -0.712. The number of piperidine rings is 1. The summed E-state index contributed by atoms with van der Waals surface area (Å²) in [4.78, 5) is 25.4. The van der Waals surface area contributed by atoms with Crippen LogP contribution in [0.25, 0.3) is 0 Å². The second kappa shape index (κ2) is 7.99. The number of para-hydroxylation sites is 1. The second-order valence-corrected chi connectivity index (χ2v) is 6.48. The molecule has 0 spiro atoms. The molecular formula is C17H25FN4O2. The Hall–Kier alpha value is -2.31. The zero-order valence-electron chi connectivity index (χ0n) is 14.1. The molecule has 7 heteroatoms. The quantitative estimate of drug-likeness (QED) is 0.763. The minimum Gasteiger partial charge on any atom is -0.368 e. The van der Waals surface area contributed by atoms with Crippen LogP contribution < -0.4 is 21.3 Å². The third-order valence-corrected chi connectivity index (χ3v) is 4.21. The molecule has 1 aliphatic heterocycles. The lowest BCUT2D eigenvalue weighted by Crippen LogP contribution is -2.55. The van der Waals surface area contributed by atoms with Gasteiger partial charge in [-0.15, -0.1) is 0 Å². The average Bonchev–Trinajstić information content (AvgIpc) is 2.52. The molecule has 1 aliphatic rings. The Morgan fingerprint density at radius 2 is 2.04 bits per heavy atom. The van der Waals surface area contributed by atoms with Crippen molar-refractivity contribution in [2.24, 2.45) is 11.7 Å². The summed E-state index contributed by atoms with van der Waals surface area (Å²) in [5.74, 6) is -0.914. The van der Waals surface area contributed by atoms with Crippen molar-refractivity contribution in [2.45, 2.75) is 38.8 Å². The van der Waals surface area contributed by atoms with Crippen LogP contribution in [0, 0.1) is 11.7 Å². The van der Waals surface area contributed by atoms with Gasteiger partial charge in [0.15, 0.2) is 0 Å². The highest BCUT2D eigenvalue weighted by Crippen LogP contribution is 2.22. The van der Waals surface area contributed by atoms with Gasteiger partial charge < -0.3 is 21.3 Å². The van der Waals surface area contributed by atoms with E-state index in [9.17, 15) is 14.0 Å². The van der Waals surface area contributed by atoms with Gasteiger partial charge in [-0.3, -0.25) is 4.79 Å². The Bertz CT molecular complexity index is 594. The zero-order valence-corrected chi connectivity index (χ0v) is 14.1. The van der Waals surface area contributed by atoms with Gasteiger partial charge in [-0.1, -0.05) is 26.0 Å². The standard InChI is InChI=1S/C17H25FN4O2/c1-11(2)15(16(19)23)21-17(24)20-12-6-5-9-22(10-12)14-8-4-3-7-13(14)18/h3-4,7-8,11-12,15H,5-6,9-10H2,1-2H3,(H2,19,23)(H2,20,21,24). The van der Waals surface area contributed by atoms with Crippen molar-refractivity contribution in [1.29, 1.82) is 0 Å².